The van der Waals surface area contributed by atoms with Crippen molar-refractivity contribution >= 4 is 11.7 Å². The van der Waals surface area contributed by atoms with Gasteiger partial charge in [-0.25, -0.2) is 9.37 Å². The lowest BCUT2D eigenvalue weighted by atomic mass is 10.00. The first-order chi connectivity index (χ1) is 9.06. The van der Waals surface area contributed by atoms with Gasteiger partial charge in [0.15, 0.2) is 0 Å². The Bertz CT molecular complexity index is 523. The molecule has 2 heterocycles. The molecule has 5 nitrogen and oxygen atoms in total. The van der Waals surface area contributed by atoms with Gasteiger partial charge in [-0.05, 0) is 24.8 Å². The van der Waals surface area contributed by atoms with Gasteiger partial charge >= 0.3 is 0 Å². The zero-order chi connectivity index (χ0) is 13.6. The van der Waals surface area contributed by atoms with Crippen LogP contribution in [-0.4, -0.2) is 40.1 Å². The van der Waals surface area contributed by atoms with E-state index in [1.165, 1.54) is 0 Å². The second-order valence-electron chi connectivity index (χ2n) is 5.37. The molecule has 19 heavy (non-hydrogen) atoms. The van der Waals surface area contributed by atoms with Gasteiger partial charge in [0.05, 0.1) is 17.9 Å². The first kappa shape index (κ1) is 12.3. The summed E-state index contributed by atoms with van der Waals surface area (Å²) in [5.74, 6) is -0.333. The lowest BCUT2D eigenvalue weighted by Gasteiger charge is -2.19. The number of amides is 1. The molecular formula is C13H16FN3O2. The normalized spacial score (nSPS) is 29.6. The fourth-order valence-corrected chi connectivity index (χ4v) is 3.19. The average molecular weight is 265 g/mol. The molecule has 3 atom stereocenters. The summed E-state index contributed by atoms with van der Waals surface area (Å²) in [7, 11) is 0. The number of rotatable bonds is 1. The number of carbonyl (C=O) groups is 1. The number of fused-ring (bicyclic) bond motifs is 1. The number of nitrogens with two attached hydrogens (primary N) is 1. The van der Waals surface area contributed by atoms with Crippen LogP contribution >= 0.6 is 0 Å². The van der Waals surface area contributed by atoms with E-state index in [1.54, 1.807) is 4.90 Å². The topological polar surface area (TPSA) is 79.5 Å². The van der Waals surface area contributed by atoms with Gasteiger partial charge in [0, 0.05) is 19.0 Å². The molecule has 102 valence electrons. The van der Waals surface area contributed by atoms with E-state index in [1.807, 2.05) is 0 Å². The lowest BCUT2D eigenvalue weighted by Crippen LogP contribution is -2.31. The minimum atomic E-state index is -0.572. The van der Waals surface area contributed by atoms with Gasteiger partial charge in [-0.3, -0.25) is 4.79 Å². The Morgan fingerprint density at radius 1 is 1.47 bits per heavy atom. The Balaban J connectivity index is 1.80. The van der Waals surface area contributed by atoms with Crippen molar-refractivity contribution in [2.45, 2.75) is 18.9 Å². The van der Waals surface area contributed by atoms with E-state index in [4.69, 9.17) is 5.73 Å². The quantitative estimate of drug-likeness (QED) is 0.781. The Morgan fingerprint density at radius 2 is 2.26 bits per heavy atom. The maximum absolute atomic E-state index is 13.2. The predicted octanol–water partition coefficient (Wildman–Crippen LogP) is 0.646. The van der Waals surface area contributed by atoms with E-state index < -0.39 is 5.82 Å². The molecule has 2 fully saturated rings. The third kappa shape index (κ3) is 2.06. The van der Waals surface area contributed by atoms with Crippen molar-refractivity contribution in [1.82, 2.24) is 9.88 Å². The third-order valence-electron chi connectivity index (χ3n) is 4.22. The van der Waals surface area contributed by atoms with E-state index in [0.717, 1.165) is 25.1 Å². The summed E-state index contributed by atoms with van der Waals surface area (Å²) in [6.45, 7) is 1.12. The molecule has 6 heteroatoms. The van der Waals surface area contributed by atoms with Crippen LogP contribution in [0.25, 0.3) is 0 Å². The van der Waals surface area contributed by atoms with Crippen LogP contribution in [0.3, 0.4) is 0 Å². The van der Waals surface area contributed by atoms with Crippen molar-refractivity contribution in [2.24, 2.45) is 11.8 Å². The number of hydrogen-bond acceptors (Lipinski definition) is 4. The minimum Gasteiger partial charge on any atom is -0.393 e. The molecular weight excluding hydrogens is 249 g/mol. The van der Waals surface area contributed by atoms with Crippen LogP contribution < -0.4 is 5.73 Å². The second kappa shape index (κ2) is 4.45. The van der Waals surface area contributed by atoms with Crippen molar-refractivity contribution in [3.63, 3.8) is 0 Å². The smallest absolute Gasteiger partial charge is 0.257 e. The van der Waals surface area contributed by atoms with Gasteiger partial charge in [0.1, 0.15) is 11.6 Å². The van der Waals surface area contributed by atoms with Crippen molar-refractivity contribution in [2.75, 3.05) is 18.8 Å². The lowest BCUT2D eigenvalue weighted by molar-refractivity contribution is 0.0752. The number of aliphatic hydroxyl groups excluding tert-OH is 1. The number of halogens is 1. The molecule has 0 bridgehead atoms. The van der Waals surface area contributed by atoms with Gasteiger partial charge in [0.2, 0.25) is 0 Å². The average Bonchev–Trinajstić information content (AvgIpc) is 2.94. The van der Waals surface area contributed by atoms with Crippen LogP contribution in [0.5, 0.6) is 0 Å². The van der Waals surface area contributed by atoms with Crippen LogP contribution in [-0.2, 0) is 0 Å². The Morgan fingerprint density at radius 3 is 3.00 bits per heavy atom. The number of nitrogen functional groups attached to an aromatic ring is 1. The third-order valence-corrected chi connectivity index (χ3v) is 4.22. The van der Waals surface area contributed by atoms with Crippen LogP contribution in [0, 0.1) is 17.7 Å². The van der Waals surface area contributed by atoms with E-state index in [0.29, 0.717) is 19.0 Å². The Hall–Kier alpha value is -1.69. The number of nitrogens with zero attached hydrogens (tertiary/aromatic N) is 2. The molecule has 0 aromatic carbocycles. The zero-order valence-electron chi connectivity index (χ0n) is 10.4. The molecule has 0 spiro atoms. The van der Waals surface area contributed by atoms with Crippen LogP contribution in [0.2, 0.25) is 0 Å². The molecule has 3 unspecified atom stereocenters. The highest BCUT2D eigenvalue weighted by atomic mass is 19.1. The summed E-state index contributed by atoms with van der Waals surface area (Å²) in [5, 5.41) is 9.83. The second-order valence-corrected chi connectivity index (χ2v) is 5.37. The number of likely N-dealkylation sites (tertiary alicyclic amines) is 1. The number of aromatic nitrogens is 1. The zero-order valence-corrected chi connectivity index (χ0v) is 10.4. The van der Waals surface area contributed by atoms with E-state index in [-0.39, 0.29) is 29.3 Å². The van der Waals surface area contributed by atoms with E-state index in [2.05, 4.69) is 4.98 Å². The van der Waals surface area contributed by atoms with Crippen LogP contribution in [0.4, 0.5) is 10.2 Å². The number of pyridine rings is 1. The summed E-state index contributed by atoms with van der Waals surface area (Å²) in [6.07, 6.45) is 2.41. The molecule has 2 aliphatic rings. The monoisotopic (exact) mass is 265 g/mol. The predicted molar refractivity (Wildman–Crippen MR) is 66.7 cm³/mol. The number of carbonyl (C=O) groups excluding carboxylic acids is 1. The first-order valence-electron chi connectivity index (χ1n) is 6.44. The molecule has 1 aliphatic carbocycles. The summed E-state index contributed by atoms with van der Waals surface area (Å²) in [6, 6.07) is 1.12. The molecule has 3 N–H and O–H groups in total. The summed E-state index contributed by atoms with van der Waals surface area (Å²) >= 11 is 0. The first-order valence-corrected chi connectivity index (χ1v) is 6.44. The van der Waals surface area contributed by atoms with Crippen molar-refractivity contribution in [3.05, 3.63) is 23.6 Å². The van der Waals surface area contributed by atoms with Crippen molar-refractivity contribution in [1.29, 1.82) is 0 Å². The summed E-state index contributed by atoms with van der Waals surface area (Å²) in [5.41, 5.74) is 5.73. The van der Waals surface area contributed by atoms with Crippen molar-refractivity contribution < 1.29 is 14.3 Å². The Labute approximate surface area is 110 Å². The maximum atomic E-state index is 13.2. The molecule has 1 aromatic rings. The van der Waals surface area contributed by atoms with Gasteiger partial charge < -0.3 is 15.7 Å². The molecule has 0 radical (unpaired) electrons. The number of anilines is 1. The van der Waals surface area contributed by atoms with E-state index >= 15 is 0 Å². The van der Waals surface area contributed by atoms with Crippen molar-refractivity contribution in [3.8, 4) is 0 Å². The summed E-state index contributed by atoms with van der Waals surface area (Å²) < 4.78 is 13.2. The number of aliphatic hydroxyl groups is 1. The minimum absolute atomic E-state index is 0.0454. The van der Waals surface area contributed by atoms with E-state index in [9.17, 15) is 14.3 Å². The van der Waals surface area contributed by atoms with Gasteiger partial charge in [-0.2, -0.15) is 0 Å². The van der Waals surface area contributed by atoms with Crippen LogP contribution in [0.15, 0.2) is 12.3 Å². The molecule has 1 aliphatic heterocycles. The van der Waals surface area contributed by atoms with Gasteiger partial charge in [-0.15, -0.1) is 0 Å². The molecule has 1 saturated carbocycles. The Kier molecular flexibility index (Phi) is 2.89. The molecule has 3 rings (SSSR count). The highest BCUT2D eigenvalue weighted by Gasteiger charge is 2.43. The standard InChI is InChI=1S/C13H16FN3O2/c14-8-3-9(12(15)16-4-8)13(19)17-5-7-1-2-11(18)10(7)6-17/h3-4,7,10-11,18H,1-2,5-6H2,(H2,15,16). The maximum Gasteiger partial charge on any atom is 0.257 e. The van der Waals surface area contributed by atoms with Gasteiger partial charge in [0.25, 0.3) is 5.91 Å². The highest BCUT2D eigenvalue weighted by Crippen LogP contribution is 2.38. The highest BCUT2D eigenvalue weighted by molar-refractivity contribution is 5.98. The molecule has 1 amide bonds. The molecule has 1 aromatic heterocycles. The number of hydrogen-bond donors (Lipinski definition) is 2. The van der Waals surface area contributed by atoms with Crippen LogP contribution in [0.1, 0.15) is 23.2 Å². The summed E-state index contributed by atoms with van der Waals surface area (Å²) in [4.78, 5) is 17.6. The fourth-order valence-electron chi connectivity index (χ4n) is 3.19. The van der Waals surface area contributed by atoms with Gasteiger partial charge in [-0.1, -0.05) is 0 Å². The molecule has 1 saturated heterocycles. The SMILES string of the molecule is Nc1ncc(F)cc1C(=O)N1CC2CCC(O)C2C1. The largest absolute Gasteiger partial charge is 0.393 e. The fraction of sp³-hybridized carbons (Fsp3) is 0.538.